The van der Waals surface area contributed by atoms with Gasteiger partial charge in [0.05, 0.1) is 19.3 Å². The molecule has 2 saturated heterocycles. The normalized spacial score (nSPS) is 27.3. The maximum absolute atomic E-state index is 5.93. The van der Waals surface area contributed by atoms with Crippen LogP contribution in [0, 0.1) is 0 Å². The van der Waals surface area contributed by atoms with Crippen LogP contribution in [-0.4, -0.2) is 73.5 Å². The Kier molecular flexibility index (Phi) is 6.84. The highest BCUT2D eigenvalue weighted by Gasteiger charge is 2.32. The van der Waals surface area contributed by atoms with Crippen LogP contribution in [0.2, 0.25) is 0 Å². The average molecular weight is 330 g/mol. The number of morpholine rings is 1. The topological polar surface area (TPSA) is 46.1 Å². The minimum absolute atomic E-state index is 0.168. The van der Waals surface area contributed by atoms with E-state index in [4.69, 9.17) is 14.5 Å². The molecule has 22 heavy (non-hydrogen) atoms. The number of nitrogens with zero attached hydrogens (tertiary/aromatic N) is 2. The molecule has 2 unspecified atom stereocenters. The molecule has 128 valence electrons. The van der Waals surface area contributed by atoms with Crippen molar-refractivity contribution in [2.24, 2.45) is 4.99 Å². The van der Waals surface area contributed by atoms with Crippen molar-refractivity contribution >= 4 is 17.7 Å². The Hall–Kier alpha value is -0.460. The number of nitrogens with one attached hydrogen (secondary N) is 1. The largest absolute Gasteiger partial charge is 0.375 e. The van der Waals surface area contributed by atoms with Crippen molar-refractivity contribution in [2.45, 2.75) is 50.6 Å². The first-order chi connectivity index (χ1) is 10.6. The van der Waals surface area contributed by atoms with E-state index < -0.39 is 0 Å². The van der Waals surface area contributed by atoms with Crippen molar-refractivity contribution < 1.29 is 9.47 Å². The van der Waals surface area contributed by atoms with Gasteiger partial charge in [0.25, 0.3) is 0 Å². The Labute approximate surface area is 139 Å². The highest BCUT2D eigenvalue weighted by molar-refractivity contribution is 7.99. The summed E-state index contributed by atoms with van der Waals surface area (Å²) in [5, 5.41) is 3.43. The zero-order chi connectivity index (χ0) is 16.0. The van der Waals surface area contributed by atoms with Gasteiger partial charge >= 0.3 is 0 Å². The summed E-state index contributed by atoms with van der Waals surface area (Å²) < 4.78 is 11.9. The first kappa shape index (κ1) is 17.9. The van der Waals surface area contributed by atoms with Gasteiger partial charge in [-0.25, -0.2) is 0 Å². The van der Waals surface area contributed by atoms with Crippen molar-refractivity contribution in [3.63, 3.8) is 0 Å². The zero-order valence-corrected chi connectivity index (χ0v) is 15.2. The molecule has 2 heterocycles. The highest BCUT2D eigenvalue weighted by atomic mass is 32.2. The van der Waals surface area contributed by atoms with Gasteiger partial charge in [0.2, 0.25) is 0 Å². The molecule has 0 spiro atoms. The number of ether oxygens (including phenoxy) is 2. The van der Waals surface area contributed by atoms with Gasteiger partial charge in [-0.3, -0.25) is 4.99 Å². The van der Waals surface area contributed by atoms with Gasteiger partial charge in [-0.1, -0.05) is 0 Å². The molecule has 5 nitrogen and oxygen atoms in total. The van der Waals surface area contributed by atoms with Gasteiger partial charge in [-0.2, -0.15) is 11.8 Å². The lowest BCUT2D eigenvalue weighted by atomic mass is 10.1. The van der Waals surface area contributed by atoms with Crippen LogP contribution < -0.4 is 5.32 Å². The third-order valence-electron chi connectivity index (χ3n) is 4.27. The second-order valence-corrected chi connectivity index (χ2v) is 8.05. The van der Waals surface area contributed by atoms with E-state index in [1.807, 2.05) is 11.8 Å². The van der Waals surface area contributed by atoms with Gasteiger partial charge in [0.15, 0.2) is 5.96 Å². The van der Waals surface area contributed by atoms with Crippen LogP contribution >= 0.6 is 11.8 Å². The maximum Gasteiger partial charge on any atom is 0.194 e. The smallest absolute Gasteiger partial charge is 0.194 e. The molecule has 0 aromatic rings. The van der Waals surface area contributed by atoms with Crippen molar-refractivity contribution in [3.8, 4) is 0 Å². The SMILES string of the molecule is CCNC(=NCC(C)(C)SC)N1CCOC(C2CCCO2)C1. The van der Waals surface area contributed by atoms with E-state index in [1.165, 1.54) is 0 Å². The van der Waals surface area contributed by atoms with Crippen molar-refractivity contribution in [1.29, 1.82) is 0 Å². The lowest BCUT2D eigenvalue weighted by Crippen LogP contribution is -2.53. The fraction of sp³-hybridized carbons (Fsp3) is 0.938. The molecule has 0 aromatic carbocycles. The average Bonchev–Trinajstić information content (AvgIpc) is 3.06. The molecule has 0 amide bonds. The van der Waals surface area contributed by atoms with Crippen LogP contribution in [0.5, 0.6) is 0 Å². The monoisotopic (exact) mass is 329 g/mol. The van der Waals surface area contributed by atoms with E-state index >= 15 is 0 Å². The summed E-state index contributed by atoms with van der Waals surface area (Å²) in [6, 6.07) is 0. The fourth-order valence-electron chi connectivity index (χ4n) is 2.74. The molecule has 2 aliphatic heterocycles. The van der Waals surface area contributed by atoms with Gasteiger partial charge in [-0.15, -0.1) is 0 Å². The lowest BCUT2D eigenvalue weighted by molar-refractivity contribution is -0.0817. The molecule has 0 radical (unpaired) electrons. The van der Waals surface area contributed by atoms with Gasteiger partial charge < -0.3 is 19.7 Å². The molecule has 2 fully saturated rings. The van der Waals surface area contributed by atoms with E-state index in [-0.39, 0.29) is 17.0 Å². The Balaban J connectivity index is 1.98. The molecule has 0 saturated carbocycles. The molecular formula is C16H31N3O2S. The van der Waals surface area contributed by atoms with Gasteiger partial charge in [0, 0.05) is 31.0 Å². The van der Waals surface area contributed by atoms with Crippen LogP contribution in [0.1, 0.15) is 33.6 Å². The fourth-order valence-corrected chi connectivity index (χ4v) is 2.94. The second kappa shape index (κ2) is 8.41. The number of hydrogen-bond acceptors (Lipinski definition) is 4. The summed E-state index contributed by atoms with van der Waals surface area (Å²) in [5.41, 5.74) is 0. The number of rotatable bonds is 5. The molecule has 2 atom stereocenters. The summed E-state index contributed by atoms with van der Waals surface area (Å²) in [6.07, 6.45) is 4.85. The number of guanidine groups is 1. The molecule has 1 N–H and O–H groups in total. The number of thioether (sulfide) groups is 1. The Bertz CT molecular complexity index is 370. The van der Waals surface area contributed by atoms with Crippen LogP contribution in [0.3, 0.4) is 0 Å². The summed E-state index contributed by atoms with van der Waals surface area (Å²) in [5.74, 6) is 1.01. The van der Waals surface area contributed by atoms with E-state index in [1.54, 1.807) is 0 Å². The summed E-state index contributed by atoms with van der Waals surface area (Å²) in [4.78, 5) is 7.18. The van der Waals surface area contributed by atoms with Crippen LogP contribution in [0.15, 0.2) is 4.99 Å². The highest BCUT2D eigenvalue weighted by Crippen LogP contribution is 2.23. The van der Waals surface area contributed by atoms with E-state index in [0.717, 1.165) is 58.2 Å². The zero-order valence-electron chi connectivity index (χ0n) is 14.4. The molecule has 0 aliphatic carbocycles. The molecule has 2 aliphatic rings. The van der Waals surface area contributed by atoms with Crippen LogP contribution in [0.25, 0.3) is 0 Å². The Morgan fingerprint density at radius 3 is 2.73 bits per heavy atom. The van der Waals surface area contributed by atoms with Crippen molar-refractivity contribution in [1.82, 2.24) is 10.2 Å². The van der Waals surface area contributed by atoms with E-state index in [9.17, 15) is 0 Å². The molecule has 0 aromatic heterocycles. The van der Waals surface area contributed by atoms with Crippen molar-refractivity contribution in [2.75, 3.05) is 45.6 Å². The first-order valence-corrected chi connectivity index (χ1v) is 9.60. The van der Waals surface area contributed by atoms with E-state index in [2.05, 4.69) is 37.2 Å². The standard InChI is InChI=1S/C16H31N3O2S/c1-5-17-15(18-12-16(2,3)22-4)19-8-10-21-14(11-19)13-7-6-9-20-13/h13-14H,5-12H2,1-4H3,(H,17,18). The Morgan fingerprint density at radius 1 is 1.32 bits per heavy atom. The first-order valence-electron chi connectivity index (χ1n) is 8.37. The Morgan fingerprint density at radius 2 is 2.09 bits per heavy atom. The summed E-state index contributed by atoms with van der Waals surface area (Å²) in [6.45, 7) is 11.7. The number of aliphatic imine (C=N–C) groups is 1. The predicted molar refractivity (Wildman–Crippen MR) is 93.9 cm³/mol. The van der Waals surface area contributed by atoms with Gasteiger partial charge in [0.1, 0.15) is 6.10 Å². The summed E-state index contributed by atoms with van der Waals surface area (Å²) >= 11 is 1.86. The lowest BCUT2D eigenvalue weighted by Gasteiger charge is -2.37. The summed E-state index contributed by atoms with van der Waals surface area (Å²) in [7, 11) is 0. The molecular weight excluding hydrogens is 298 g/mol. The molecule has 6 heteroatoms. The van der Waals surface area contributed by atoms with Crippen LogP contribution in [0.4, 0.5) is 0 Å². The minimum Gasteiger partial charge on any atom is -0.375 e. The third kappa shape index (κ3) is 5.03. The maximum atomic E-state index is 5.93. The van der Waals surface area contributed by atoms with Crippen LogP contribution in [-0.2, 0) is 9.47 Å². The van der Waals surface area contributed by atoms with Gasteiger partial charge in [-0.05, 0) is 39.9 Å². The predicted octanol–water partition coefficient (Wildman–Crippen LogP) is 1.97. The second-order valence-electron chi connectivity index (χ2n) is 6.54. The molecule has 2 rings (SSSR count). The minimum atomic E-state index is 0.168. The quantitative estimate of drug-likeness (QED) is 0.617. The third-order valence-corrected chi connectivity index (χ3v) is 5.50. The number of hydrogen-bond donors (Lipinski definition) is 1. The van der Waals surface area contributed by atoms with E-state index in [0.29, 0.717) is 0 Å². The molecule has 0 bridgehead atoms. The van der Waals surface area contributed by atoms with Crippen molar-refractivity contribution in [3.05, 3.63) is 0 Å².